The van der Waals surface area contributed by atoms with Gasteiger partial charge in [-0.05, 0) is 31.3 Å². The fraction of sp³-hybridized carbons (Fsp3) is 0.750. The van der Waals surface area contributed by atoms with E-state index in [-0.39, 0.29) is 11.9 Å². The molecule has 0 aliphatic carbocycles. The van der Waals surface area contributed by atoms with Gasteiger partial charge < -0.3 is 4.74 Å². The van der Waals surface area contributed by atoms with Gasteiger partial charge >= 0.3 is 0 Å². The van der Waals surface area contributed by atoms with Crippen LogP contribution in [0.1, 0.15) is 34.1 Å². The molecule has 14 heavy (non-hydrogen) atoms. The number of hydrogen-bond donors (Lipinski definition) is 0. The van der Waals surface area contributed by atoms with E-state index in [2.05, 4.69) is 20.8 Å². The van der Waals surface area contributed by atoms with Crippen molar-refractivity contribution in [2.75, 3.05) is 7.11 Å². The largest absolute Gasteiger partial charge is 0.377 e. The van der Waals surface area contributed by atoms with Crippen LogP contribution in [0.4, 0.5) is 0 Å². The predicted molar refractivity (Wildman–Crippen MR) is 59.2 cm³/mol. The lowest BCUT2D eigenvalue weighted by Crippen LogP contribution is -2.15. The van der Waals surface area contributed by atoms with Crippen LogP contribution in [0.2, 0.25) is 0 Å². The second-order valence-corrected chi connectivity index (χ2v) is 4.20. The summed E-state index contributed by atoms with van der Waals surface area (Å²) >= 11 is 0. The normalized spacial score (nSPS) is 16.1. The summed E-state index contributed by atoms with van der Waals surface area (Å²) in [5.41, 5.74) is 0. The summed E-state index contributed by atoms with van der Waals surface area (Å²) in [5.74, 6) is 1.33. The van der Waals surface area contributed by atoms with E-state index >= 15 is 0 Å². The Morgan fingerprint density at radius 3 is 2.29 bits per heavy atom. The lowest BCUT2D eigenvalue weighted by Gasteiger charge is -2.19. The van der Waals surface area contributed by atoms with Gasteiger partial charge in [0.25, 0.3) is 0 Å². The van der Waals surface area contributed by atoms with Crippen LogP contribution in [0.3, 0.4) is 0 Å². The van der Waals surface area contributed by atoms with Gasteiger partial charge in [0.2, 0.25) is 0 Å². The smallest absolute Gasteiger partial charge is 0.152 e. The molecule has 0 aliphatic heterocycles. The molecule has 0 aromatic heterocycles. The molecule has 0 spiro atoms. The van der Waals surface area contributed by atoms with Gasteiger partial charge in [0.15, 0.2) is 5.78 Å². The molecule has 2 heteroatoms. The van der Waals surface area contributed by atoms with Crippen LogP contribution in [0.5, 0.6) is 0 Å². The van der Waals surface area contributed by atoms with E-state index in [0.717, 1.165) is 6.42 Å². The van der Waals surface area contributed by atoms with Gasteiger partial charge in [0.1, 0.15) is 0 Å². The van der Waals surface area contributed by atoms with Gasteiger partial charge in [-0.15, -0.1) is 0 Å². The van der Waals surface area contributed by atoms with E-state index in [0.29, 0.717) is 11.8 Å². The van der Waals surface area contributed by atoms with Gasteiger partial charge in [-0.3, -0.25) is 4.79 Å². The first-order valence-electron chi connectivity index (χ1n) is 5.19. The number of allylic oxidation sites excluding steroid dienone is 1. The molecule has 0 aliphatic rings. The molecule has 0 fully saturated rings. The van der Waals surface area contributed by atoms with Crippen molar-refractivity contribution in [2.24, 2.45) is 11.8 Å². The monoisotopic (exact) mass is 198 g/mol. The summed E-state index contributed by atoms with van der Waals surface area (Å²) in [6.07, 6.45) is 4.47. The summed E-state index contributed by atoms with van der Waals surface area (Å²) in [6.45, 7) is 8.16. The maximum atomic E-state index is 10.7. The van der Waals surface area contributed by atoms with E-state index in [1.807, 2.05) is 6.08 Å². The lowest BCUT2D eigenvalue weighted by atomic mass is 9.92. The molecule has 0 saturated carbocycles. The Balaban J connectivity index is 4.09. The van der Waals surface area contributed by atoms with E-state index < -0.39 is 0 Å². The second-order valence-electron chi connectivity index (χ2n) is 4.20. The highest BCUT2D eigenvalue weighted by molar-refractivity contribution is 5.87. The zero-order chi connectivity index (χ0) is 11.1. The average molecular weight is 198 g/mol. The fourth-order valence-corrected chi connectivity index (χ4v) is 1.13. The van der Waals surface area contributed by atoms with E-state index in [1.165, 1.54) is 0 Å². The summed E-state index contributed by atoms with van der Waals surface area (Å²) in [7, 11) is 1.68. The summed E-state index contributed by atoms with van der Waals surface area (Å²) < 4.78 is 5.28. The van der Waals surface area contributed by atoms with Gasteiger partial charge in [0.05, 0.1) is 6.10 Å². The third-order valence-electron chi connectivity index (χ3n) is 2.59. The molecule has 0 heterocycles. The number of rotatable bonds is 6. The van der Waals surface area contributed by atoms with E-state index in [4.69, 9.17) is 4.74 Å². The highest BCUT2D eigenvalue weighted by Crippen LogP contribution is 2.18. The first kappa shape index (κ1) is 13.4. The summed E-state index contributed by atoms with van der Waals surface area (Å²) in [6, 6.07) is 0. The molecular formula is C12H22O2. The molecule has 0 aromatic carbocycles. The number of methoxy groups -OCH3 is 1. The van der Waals surface area contributed by atoms with Gasteiger partial charge in [-0.2, -0.15) is 0 Å². The molecule has 0 amide bonds. The molecule has 0 bridgehead atoms. The topological polar surface area (TPSA) is 26.3 Å². The Morgan fingerprint density at radius 2 is 1.93 bits per heavy atom. The van der Waals surface area contributed by atoms with Crippen molar-refractivity contribution in [1.82, 2.24) is 0 Å². The van der Waals surface area contributed by atoms with Crippen molar-refractivity contribution >= 4 is 5.78 Å². The molecule has 0 aromatic rings. The van der Waals surface area contributed by atoms with Gasteiger partial charge in [0, 0.05) is 7.11 Å². The minimum atomic E-state index is 0.0660. The number of carbonyl (C=O) groups excluding carboxylic acids is 1. The maximum absolute atomic E-state index is 10.7. The number of carbonyl (C=O) groups is 1. The number of ketones is 1. The minimum absolute atomic E-state index is 0.0660. The Morgan fingerprint density at radius 1 is 1.36 bits per heavy atom. The van der Waals surface area contributed by atoms with Crippen LogP contribution in [0.15, 0.2) is 12.2 Å². The maximum Gasteiger partial charge on any atom is 0.152 e. The minimum Gasteiger partial charge on any atom is -0.377 e. The average Bonchev–Trinajstić information content (AvgIpc) is 2.11. The van der Waals surface area contributed by atoms with Crippen molar-refractivity contribution in [3.8, 4) is 0 Å². The van der Waals surface area contributed by atoms with Crippen LogP contribution in [0, 0.1) is 11.8 Å². The third kappa shape index (κ3) is 5.92. The first-order valence-corrected chi connectivity index (χ1v) is 5.19. The highest BCUT2D eigenvalue weighted by Gasteiger charge is 2.12. The molecule has 0 rings (SSSR count). The standard InChI is InChI=1S/C12H22O2/c1-9(2)10(3)8-12(14-5)7-6-11(4)13/h6-7,9-10,12H,8H2,1-5H3. The van der Waals surface area contributed by atoms with Crippen molar-refractivity contribution in [2.45, 2.75) is 40.2 Å². The lowest BCUT2D eigenvalue weighted by molar-refractivity contribution is -0.112. The second kappa shape index (κ2) is 6.77. The Kier molecular flexibility index (Phi) is 6.46. The van der Waals surface area contributed by atoms with Crippen LogP contribution >= 0.6 is 0 Å². The molecule has 2 unspecified atom stereocenters. The number of ether oxygens (including phenoxy) is 1. The van der Waals surface area contributed by atoms with Crippen molar-refractivity contribution in [3.63, 3.8) is 0 Å². The van der Waals surface area contributed by atoms with Gasteiger partial charge in [-0.1, -0.05) is 26.8 Å². The van der Waals surface area contributed by atoms with Crippen LogP contribution in [0.25, 0.3) is 0 Å². The molecule has 0 N–H and O–H groups in total. The van der Waals surface area contributed by atoms with Crippen LogP contribution < -0.4 is 0 Å². The fourth-order valence-electron chi connectivity index (χ4n) is 1.13. The van der Waals surface area contributed by atoms with Crippen molar-refractivity contribution < 1.29 is 9.53 Å². The van der Waals surface area contributed by atoms with Crippen molar-refractivity contribution in [1.29, 1.82) is 0 Å². The van der Waals surface area contributed by atoms with E-state index in [9.17, 15) is 4.79 Å². The molecular weight excluding hydrogens is 176 g/mol. The van der Waals surface area contributed by atoms with Crippen LogP contribution in [-0.2, 0) is 9.53 Å². The molecule has 0 radical (unpaired) electrons. The SMILES string of the molecule is COC(C=CC(C)=O)CC(C)C(C)C. The number of hydrogen-bond acceptors (Lipinski definition) is 2. The highest BCUT2D eigenvalue weighted by atomic mass is 16.5. The van der Waals surface area contributed by atoms with Crippen molar-refractivity contribution in [3.05, 3.63) is 12.2 Å². The van der Waals surface area contributed by atoms with Gasteiger partial charge in [-0.25, -0.2) is 0 Å². The zero-order valence-corrected chi connectivity index (χ0v) is 9.91. The summed E-state index contributed by atoms with van der Waals surface area (Å²) in [5, 5.41) is 0. The Bertz CT molecular complexity index is 194. The Hall–Kier alpha value is -0.630. The third-order valence-corrected chi connectivity index (χ3v) is 2.59. The molecule has 82 valence electrons. The predicted octanol–water partition coefficient (Wildman–Crippen LogP) is 2.83. The molecule has 2 atom stereocenters. The zero-order valence-electron chi connectivity index (χ0n) is 9.91. The summed E-state index contributed by atoms with van der Waals surface area (Å²) in [4.78, 5) is 10.7. The molecule has 0 saturated heterocycles. The molecule has 2 nitrogen and oxygen atoms in total. The van der Waals surface area contributed by atoms with E-state index in [1.54, 1.807) is 20.1 Å². The van der Waals surface area contributed by atoms with Crippen LogP contribution in [-0.4, -0.2) is 19.0 Å². The Labute approximate surface area is 87.3 Å². The first-order chi connectivity index (χ1) is 6.47. The quantitative estimate of drug-likeness (QED) is 0.613.